The van der Waals surface area contributed by atoms with E-state index in [1.54, 1.807) is 54.6 Å². The van der Waals surface area contributed by atoms with Gasteiger partial charge in [-0.05, 0) is 37.6 Å². The maximum atomic E-state index is 12.2. The molecule has 3 aromatic rings. The molecule has 200 valence electrons. The fraction of sp³-hybridized carbons (Fsp3) is 0.308. The first kappa shape index (κ1) is 27.6. The predicted octanol–water partition coefficient (Wildman–Crippen LogP) is 3.17. The number of sulfonamides is 1. The number of nitrogens with one attached hydrogen (secondary N) is 1. The molecule has 5 rings (SSSR count). The fourth-order valence-corrected chi connectivity index (χ4v) is 6.09. The summed E-state index contributed by atoms with van der Waals surface area (Å²) in [5.41, 5.74) is 1.72. The van der Waals surface area contributed by atoms with Gasteiger partial charge in [0.25, 0.3) is 11.8 Å². The van der Waals surface area contributed by atoms with Crippen molar-refractivity contribution in [2.75, 3.05) is 38.2 Å². The number of anilines is 1. The molecule has 1 aromatic heterocycles. The molecule has 3 amide bonds. The number of carbonyl (C=O) groups excluding carboxylic acids is 3. The zero-order chi connectivity index (χ0) is 27.1. The zero-order valence-corrected chi connectivity index (χ0v) is 22.5. The molecular weight excluding hydrogens is 528 g/mol. The number of morpholine rings is 1. The Bertz CT molecular complexity index is 1370. The SMILES string of the molecule is Cc1csc(NC(=O)CCCN2C(=O)c3ccccc3C2=O)n1.O=S(=O)(c1ccccc1)N1CCOCC1. The summed E-state index contributed by atoms with van der Waals surface area (Å²) in [6.45, 7) is 3.93. The van der Waals surface area contributed by atoms with Gasteiger partial charge < -0.3 is 10.1 Å². The Kier molecular flexibility index (Phi) is 9.00. The lowest BCUT2D eigenvalue weighted by Crippen LogP contribution is -2.40. The number of rotatable bonds is 7. The molecule has 2 aliphatic rings. The van der Waals surface area contributed by atoms with Gasteiger partial charge in [-0.1, -0.05) is 30.3 Å². The summed E-state index contributed by atoms with van der Waals surface area (Å²) >= 11 is 1.37. The average Bonchev–Trinajstić information content (AvgIpc) is 3.45. The van der Waals surface area contributed by atoms with Crippen LogP contribution in [0.5, 0.6) is 0 Å². The van der Waals surface area contributed by atoms with Gasteiger partial charge in [-0.3, -0.25) is 19.3 Å². The second kappa shape index (κ2) is 12.4. The number of amides is 3. The fourth-order valence-electron chi connectivity index (χ4n) is 3.96. The van der Waals surface area contributed by atoms with Crippen molar-refractivity contribution in [1.82, 2.24) is 14.2 Å². The third-order valence-electron chi connectivity index (χ3n) is 5.88. The summed E-state index contributed by atoms with van der Waals surface area (Å²) in [6, 6.07) is 15.3. The maximum Gasteiger partial charge on any atom is 0.261 e. The van der Waals surface area contributed by atoms with Crippen molar-refractivity contribution in [2.45, 2.75) is 24.7 Å². The lowest BCUT2D eigenvalue weighted by Gasteiger charge is -2.25. The van der Waals surface area contributed by atoms with Crippen LogP contribution in [0.1, 0.15) is 39.3 Å². The van der Waals surface area contributed by atoms with E-state index in [4.69, 9.17) is 4.74 Å². The van der Waals surface area contributed by atoms with E-state index in [0.717, 1.165) is 5.69 Å². The molecule has 0 saturated carbocycles. The molecule has 2 aromatic carbocycles. The van der Waals surface area contributed by atoms with Gasteiger partial charge in [0.15, 0.2) is 5.13 Å². The highest BCUT2D eigenvalue weighted by molar-refractivity contribution is 7.89. The van der Waals surface area contributed by atoms with Gasteiger partial charge in [0.2, 0.25) is 15.9 Å². The van der Waals surface area contributed by atoms with Crippen LogP contribution in [0.2, 0.25) is 0 Å². The van der Waals surface area contributed by atoms with Crippen LogP contribution in [0.4, 0.5) is 5.13 Å². The van der Waals surface area contributed by atoms with Crippen LogP contribution in [0.15, 0.2) is 64.9 Å². The van der Waals surface area contributed by atoms with Crippen LogP contribution >= 0.6 is 11.3 Å². The topological polar surface area (TPSA) is 126 Å². The highest BCUT2D eigenvalue weighted by Crippen LogP contribution is 2.23. The second-order valence-electron chi connectivity index (χ2n) is 8.58. The number of aryl methyl sites for hydroxylation is 1. The van der Waals surface area contributed by atoms with Gasteiger partial charge >= 0.3 is 0 Å². The van der Waals surface area contributed by atoms with E-state index < -0.39 is 10.0 Å². The summed E-state index contributed by atoms with van der Waals surface area (Å²) in [5.74, 6) is -0.751. The van der Waals surface area contributed by atoms with E-state index in [1.807, 2.05) is 12.3 Å². The van der Waals surface area contributed by atoms with Crippen molar-refractivity contribution in [2.24, 2.45) is 0 Å². The molecule has 0 spiro atoms. The first-order valence-corrected chi connectivity index (χ1v) is 14.4. The standard InChI is InChI=1S/C16H15N3O3S.C10H13NO3S/c1-10-9-23-16(17-10)18-13(20)7-4-8-19-14(21)11-5-2-3-6-12(11)15(19)22;12-15(13,10-4-2-1-3-5-10)11-6-8-14-9-7-11/h2-3,5-6,9H,4,7-8H2,1H3,(H,17,18,20);1-5H,6-9H2. The van der Waals surface area contributed by atoms with Crippen LogP contribution in [0, 0.1) is 6.92 Å². The summed E-state index contributed by atoms with van der Waals surface area (Å²) in [7, 11) is -3.31. The van der Waals surface area contributed by atoms with Gasteiger partial charge in [-0.2, -0.15) is 4.31 Å². The highest BCUT2D eigenvalue weighted by atomic mass is 32.2. The van der Waals surface area contributed by atoms with Crippen LogP contribution in [0.3, 0.4) is 0 Å². The van der Waals surface area contributed by atoms with Crippen molar-refractivity contribution in [3.63, 3.8) is 0 Å². The molecule has 1 fully saturated rings. The quantitative estimate of drug-likeness (QED) is 0.443. The lowest BCUT2D eigenvalue weighted by molar-refractivity contribution is -0.116. The van der Waals surface area contributed by atoms with Crippen molar-refractivity contribution >= 4 is 44.2 Å². The van der Waals surface area contributed by atoms with E-state index in [0.29, 0.717) is 53.9 Å². The number of ether oxygens (including phenoxy) is 1. The van der Waals surface area contributed by atoms with E-state index in [2.05, 4.69) is 10.3 Å². The minimum atomic E-state index is -3.31. The second-order valence-corrected chi connectivity index (χ2v) is 11.4. The monoisotopic (exact) mass is 556 g/mol. The minimum Gasteiger partial charge on any atom is -0.379 e. The molecular formula is C26H28N4O6S2. The smallest absolute Gasteiger partial charge is 0.261 e. The van der Waals surface area contributed by atoms with Gasteiger partial charge in [0.1, 0.15) is 0 Å². The molecule has 2 aliphatic heterocycles. The molecule has 10 nitrogen and oxygen atoms in total. The number of carbonyl (C=O) groups is 3. The number of thiazole rings is 1. The number of imide groups is 1. The largest absolute Gasteiger partial charge is 0.379 e. The van der Waals surface area contributed by atoms with E-state index in [9.17, 15) is 22.8 Å². The Morgan fingerprint density at radius 1 is 1.00 bits per heavy atom. The van der Waals surface area contributed by atoms with Crippen molar-refractivity contribution in [1.29, 1.82) is 0 Å². The number of fused-ring (bicyclic) bond motifs is 1. The maximum absolute atomic E-state index is 12.2. The van der Waals surface area contributed by atoms with Gasteiger partial charge in [-0.15, -0.1) is 11.3 Å². The normalized spacial score (nSPS) is 15.6. The lowest BCUT2D eigenvalue weighted by atomic mass is 10.1. The van der Waals surface area contributed by atoms with Crippen molar-refractivity contribution in [3.8, 4) is 0 Å². The average molecular weight is 557 g/mol. The molecule has 0 aliphatic carbocycles. The Balaban J connectivity index is 0.000000194. The van der Waals surface area contributed by atoms with Gasteiger partial charge in [0.05, 0.1) is 34.9 Å². The minimum absolute atomic E-state index is 0.170. The summed E-state index contributed by atoms with van der Waals surface area (Å²) in [4.78, 5) is 41.9. The number of hydrogen-bond acceptors (Lipinski definition) is 8. The Morgan fingerprint density at radius 3 is 2.18 bits per heavy atom. The molecule has 38 heavy (non-hydrogen) atoms. The number of nitrogens with zero attached hydrogens (tertiary/aromatic N) is 3. The van der Waals surface area contributed by atoms with Crippen LogP contribution in [0.25, 0.3) is 0 Å². The number of aromatic nitrogens is 1. The first-order valence-electron chi connectivity index (χ1n) is 12.1. The first-order chi connectivity index (χ1) is 18.3. The third kappa shape index (κ3) is 6.51. The van der Waals surface area contributed by atoms with E-state index in [1.165, 1.54) is 20.5 Å². The summed E-state index contributed by atoms with van der Waals surface area (Å²) in [5, 5.41) is 5.13. The molecule has 0 bridgehead atoms. The number of hydrogen-bond donors (Lipinski definition) is 1. The third-order valence-corrected chi connectivity index (χ3v) is 8.67. The van der Waals surface area contributed by atoms with Crippen LogP contribution in [-0.2, 0) is 19.6 Å². The molecule has 3 heterocycles. The highest BCUT2D eigenvalue weighted by Gasteiger charge is 2.34. The van der Waals surface area contributed by atoms with Gasteiger partial charge in [0, 0.05) is 31.4 Å². The molecule has 0 unspecified atom stereocenters. The Morgan fingerprint density at radius 2 is 1.61 bits per heavy atom. The molecule has 0 atom stereocenters. The summed E-state index contributed by atoms with van der Waals surface area (Å²) < 4.78 is 30.7. The molecule has 1 N–H and O–H groups in total. The van der Waals surface area contributed by atoms with Crippen molar-refractivity contribution < 1.29 is 27.5 Å². The zero-order valence-electron chi connectivity index (χ0n) is 20.8. The Hall–Kier alpha value is -3.45. The molecule has 12 heteroatoms. The molecule has 0 radical (unpaired) electrons. The van der Waals surface area contributed by atoms with Crippen LogP contribution in [-0.4, -0.2) is 73.2 Å². The summed E-state index contributed by atoms with van der Waals surface area (Å²) in [6.07, 6.45) is 0.647. The van der Waals surface area contributed by atoms with Gasteiger partial charge in [-0.25, -0.2) is 13.4 Å². The van der Waals surface area contributed by atoms with E-state index in [-0.39, 0.29) is 30.7 Å². The Labute approximate surface area is 225 Å². The van der Waals surface area contributed by atoms with Crippen molar-refractivity contribution in [3.05, 3.63) is 76.8 Å². The van der Waals surface area contributed by atoms with E-state index >= 15 is 0 Å². The predicted molar refractivity (Wildman–Crippen MR) is 143 cm³/mol. The van der Waals surface area contributed by atoms with Crippen LogP contribution < -0.4 is 5.32 Å². The molecule has 1 saturated heterocycles. The number of benzene rings is 2.